The fourth-order valence-electron chi connectivity index (χ4n) is 1.10. The van der Waals surface area contributed by atoms with Crippen molar-refractivity contribution in [1.29, 1.82) is 0 Å². The number of ketones is 1. The molecule has 0 saturated heterocycles. The number of Topliss-reactive ketones (excluding diaryl/α,β-unsaturated/α-hetero) is 1. The van der Waals surface area contributed by atoms with Crippen molar-refractivity contribution in [3.05, 3.63) is 36.0 Å². The van der Waals surface area contributed by atoms with Gasteiger partial charge in [-0.15, -0.1) is 6.58 Å². The zero-order valence-electron chi connectivity index (χ0n) is 9.12. The van der Waals surface area contributed by atoms with Crippen molar-refractivity contribution < 1.29 is 9.53 Å². The van der Waals surface area contributed by atoms with Crippen molar-refractivity contribution in [1.82, 2.24) is 4.98 Å². The molecule has 15 heavy (non-hydrogen) atoms. The zero-order chi connectivity index (χ0) is 11.3. The molecule has 1 heterocycles. The number of ether oxygens (including phenoxy) is 1. The molecule has 0 saturated carbocycles. The minimum Gasteiger partial charge on any atom is -0.477 e. The SMILES string of the molecule is C=C(C)CCOc1ncccc1C(C)=O. The Balaban J connectivity index is 2.67. The molecule has 1 rings (SSSR count). The molecule has 0 spiro atoms. The summed E-state index contributed by atoms with van der Waals surface area (Å²) in [6.07, 6.45) is 2.39. The monoisotopic (exact) mass is 205 g/mol. The molecule has 0 N–H and O–H groups in total. The average molecular weight is 205 g/mol. The molecule has 1 aromatic heterocycles. The Morgan fingerprint density at radius 2 is 2.27 bits per heavy atom. The molecule has 0 unspecified atom stereocenters. The van der Waals surface area contributed by atoms with Crippen LogP contribution in [0.5, 0.6) is 5.88 Å². The lowest BCUT2D eigenvalue weighted by Crippen LogP contribution is -2.04. The zero-order valence-corrected chi connectivity index (χ0v) is 9.12. The van der Waals surface area contributed by atoms with E-state index in [1.807, 2.05) is 6.92 Å². The van der Waals surface area contributed by atoms with Crippen molar-refractivity contribution in [2.75, 3.05) is 6.61 Å². The first-order chi connectivity index (χ1) is 7.11. The average Bonchev–Trinajstić information content (AvgIpc) is 2.17. The van der Waals surface area contributed by atoms with E-state index in [1.54, 1.807) is 18.3 Å². The third kappa shape index (κ3) is 3.54. The van der Waals surface area contributed by atoms with E-state index in [0.29, 0.717) is 18.1 Å². The first-order valence-electron chi connectivity index (χ1n) is 4.84. The van der Waals surface area contributed by atoms with E-state index in [2.05, 4.69) is 11.6 Å². The minimum absolute atomic E-state index is 0.0339. The van der Waals surface area contributed by atoms with Crippen molar-refractivity contribution in [3.63, 3.8) is 0 Å². The highest BCUT2D eigenvalue weighted by Gasteiger charge is 2.08. The first-order valence-corrected chi connectivity index (χ1v) is 4.84. The number of nitrogens with zero attached hydrogens (tertiary/aromatic N) is 1. The number of hydrogen-bond acceptors (Lipinski definition) is 3. The van der Waals surface area contributed by atoms with Crippen molar-refractivity contribution >= 4 is 5.78 Å². The Morgan fingerprint density at radius 1 is 1.53 bits per heavy atom. The second-order valence-electron chi connectivity index (χ2n) is 3.47. The maximum Gasteiger partial charge on any atom is 0.224 e. The van der Waals surface area contributed by atoms with Gasteiger partial charge >= 0.3 is 0 Å². The van der Waals surface area contributed by atoms with Crippen LogP contribution in [-0.2, 0) is 0 Å². The Hall–Kier alpha value is -1.64. The van der Waals surface area contributed by atoms with Crippen molar-refractivity contribution in [3.8, 4) is 5.88 Å². The predicted octanol–water partition coefficient (Wildman–Crippen LogP) is 2.63. The van der Waals surface area contributed by atoms with E-state index in [-0.39, 0.29) is 5.78 Å². The van der Waals surface area contributed by atoms with Gasteiger partial charge < -0.3 is 4.74 Å². The summed E-state index contributed by atoms with van der Waals surface area (Å²) in [4.78, 5) is 15.2. The smallest absolute Gasteiger partial charge is 0.224 e. The van der Waals surface area contributed by atoms with E-state index in [9.17, 15) is 4.79 Å². The molecule has 0 aliphatic carbocycles. The minimum atomic E-state index is -0.0339. The standard InChI is InChI=1S/C12H15NO2/c1-9(2)6-8-15-12-11(10(3)14)5-4-7-13-12/h4-5,7H,1,6,8H2,2-3H3. The summed E-state index contributed by atoms with van der Waals surface area (Å²) < 4.78 is 5.42. The summed E-state index contributed by atoms with van der Waals surface area (Å²) in [7, 11) is 0. The summed E-state index contributed by atoms with van der Waals surface area (Å²) in [6, 6.07) is 3.44. The highest BCUT2D eigenvalue weighted by Crippen LogP contribution is 2.15. The second kappa shape index (κ2) is 5.29. The molecular formula is C12H15NO2. The fourth-order valence-corrected chi connectivity index (χ4v) is 1.10. The molecule has 0 bridgehead atoms. The van der Waals surface area contributed by atoms with Gasteiger partial charge in [0.1, 0.15) is 0 Å². The maximum atomic E-state index is 11.2. The van der Waals surface area contributed by atoms with Crippen LogP contribution in [0.15, 0.2) is 30.5 Å². The molecule has 0 atom stereocenters. The van der Waals surface area contributed by atoms with Crippen LogP contribution in [0.4, 0.5) is 0 Å². The number of carbonyl (C=O) groups is 1. The molecule has 3 nitrogen and oxygen atoms in total. The summed E-state index contributed by atoms with van der Waals surface area (Å²) in [5, 5.41) is 0. The van der Waals surface area contributed by atoms with Gasteiger partial charge in [0, 0.05) is 12.6 Å². The second-order valence-corrected chi connectivity index (χ2v) is 3.47. The van der Waals surface area contributed by atoms with E-state index in [1.165, 1.54) is 6.92 Å². The third-order valence-corrected chi connectivity index (χ3v) is 1.92. The molecule has 0 aliphatic rings. The molecule has 80 valence electrons. The molecule has 0 radical (unpaired) electrons. The van der Waals surface area contributed by atoms with Gasteiger partial charge in [0.05, 0.1) is 12.2 Å². The summed E-state index contributed by atoms with van der Waals surface area (Å²) in [6.45, 7) is 7.72. The maximum absolute atomic E-state index is 11.2. The highest BCUT2D eigenvalue weighted by atomic mass is 16.5. The van der Waals surface area contributed by atoms with E-state index >= 15 is 0 Å². The quantitative estimate of drug-likeness (QED) is 0.548. The number of rotatable bonds is 5. The molecule has 3 heteroatoms. The van der Waals surface area contributed by atoms with Gasteiger partial charge in [-0.25, -0.2) is 4.98 Å². The summed E-state index contributed by atoms with van der Waals surface area (Å²) in [5.74, 6) is 0.375. The van der Waals surface area contributed by atoms with Gasteiger partial charge in [0.15, 0.2) is 5.78 Å². The lowest BCUT2D eigenvalue weighted by Gasteiger charge is -2.07. The summed E-state index contributed by atoms with van der Waals surface area (Å²) in [5.41, 5.74) is 1.58. The lowest BCUT2D eigenvalue weighted by atomic mass is 10.2. The Bertz CT molecular complexity index is 372. The van der Waals surface area contributed by atoms with Gasteiger partial charge in [0.25, 0.3) is 0 Å². The van der Waals surface area contributed by atoms with Crippen LogP contribution >= 0.6 is 0 Å². The van der Waals surface area contributed by atoms with Crippen LogP contribution in [0.3, 0.4) is 0 Å². The van der Waals surface area contributed by atoms with Crippen LogP contribution in [0.25, 0.3) is 0 Å². The summed E-state index contributed by atoms with van der Waals surface area (Å²) >= 11 is 0. The topological polar surface area (TPSA) is 39.2 Å². The first kappa shape index (κ1) is 11.4. The fraction of sp³-hybridized carbons (Fsp3) is 0.333. The van der Waals surface area contributed by atoms with Crippen molar-refractivity contribution in [2.45, 2.75) is 20.3 Å². The van der Waals surface area contributed by atoms with Gasteiger partial charge in [0.2, 0.25) is 5.88 Å². The van der Waals surface area contributed by atoms with Crippen LogP contribution in [0.1, 0.15) is 30.6 Å². The number of hydrogen-bond donors (Lipinski definition) is 0. The molecule has 0 fully saturated rings. The molecule has 0 amide bonds. The number of pyridine rings is 1. The largest absolute Gasteiger partial charge is 0.477 e. The van der Waals surface area contributed by atoms with Crippen LogP contribution in [0, 0.1) is 0 Å². The third-order valence-electron chi connectivity index (χ3n) is 1.92. The normalized spacial score (nSPS) is 9.73. The van der Waals surface area contributed by atoms with E-state index in [4.69, 9.17) is 4.74 Å². The van der Waals surface area contributed by atoms with Crippen LogP contribution in [0.2, 0.25) is 0 Å². The van der Waals surface area contributed by atoms with Gasteiger partial charge in [-0.3, -0.25) is 4.79 Å². The van der Waals surface area contributed by atoms with Crippen molar-refractivity contribution in [2.24, 2.45) is 0 Å². The molecule has 1 aromatic rings. The Morgan fingerprint density at radius 3 is 2.87 bits per heavy atom. The number of aromatic nitrogens is 1. The molecule has 0 aliphatic heterocycles. The van der Waals surface area contributed by atoms with E-state index in [0.717, 1.165) is 12.0 Å². The Kier molecular flexibility index (Phi) is 4.03. The van der Waals surface area contributed by atoms with Crippen LogP contribution < -0.4 is 4.74 Å². The van der Waals surface area contributed by atoms with Crippen LogP contribution in [-0.4, -0.2) is 17.4 Å². The predicted molar refractivity (Wildman–Crippen MR) is 59.2 cm³/mol. The highest BCUT2D eigenvalue weighted by molar-refractivity contribution is 5.96. The Labute approximate surface area is 89.8 Å². The molecular weight excluding hydrogens is 190 g/mol. The number of carbonyl (C=O) groups excluding carboxylic acids is 1. The lowest BCUT2D eigenvalue weighted by molar-refractivity contribution is 0.101. The van der Waals surface area contributed by atoms with Gasteiger partial charge in [-0.2, -0.15) is 0 Å². The van der Waals surface area contributed by atoms with Gasteiger partial charge in [-0.05, 0) is 26.0 Å². The molecule has 0 aromatic carbocycles. The van der Waals surface area contributed by atoms with Gasteiger partial charge in [-0.1, -0.05) is 5.57 Å². The van der Waals surface area contributed by atoms with E-state index < -0.39 is 0 Å².